The van der Waals surface area contributed by atoms with Crippen LogP contribution in [-0.2, 0) is 32.1 Å². The van der Waals surface area contributed by atoms with Gasteiger partial charge < -0.3 is 25.0 Å². The molecule has 2 aromatic rings. The molecule has 3 amide bonds. The van der Waals surface area contributed by atoms with Crippen molar-refractivity contribution in [2.75, 3.05) is 40.8 Å². The Labute approximate surface area is 233 Å². The van der Waals surface area contributed by atoms with Crippen LogP contribution in [-0.4, -0.2) is 102 Å². The lowest BCUT2D eigenvalue weighted by Crippen LogP contribution is -2.74. The average molecular weight is 558 g/mol. The number of fused-ring (bicyclic) bond motifs is 1. The van der Waals surface area contributed by atoms with Crippen molar-refractivity contribution in [1.82, 2.24) is 25.1 Å². The average Bonchev–Trinajstić information content (AvgIpc) is 2.93. The SMILES string of the molecule is CNCc1ccc(F)cc1.COc1ccc(CCN2C[C@H]3N(C(=O)CN(C)N3C=O)C(CCC(=O)O)C2=O)cc1. The van der Waals surface area contributed by atoms with Crippen LogP contribution in [0.25, 0.3) is 0 Å². The standard InChI is InChI=1S/C20H26N4O6.C8H10FN/c1-21-12-18(26)24-16(7-8-19(27)28)20(29)22(11-17(24)23(21)13-25)10-9-14-3-5-15(30-2)6-4-14;1-10-6-7-2-4-8(9)5-3-7/h3-6,13,16-17H,7-12H2,1-2H3,(H,27,28);2-5,10H,6H2,1H3/t16?,17-;/m1./s1. The van der Waals surface area contributed by atoms with Gasteiger partial charge in [0.2, 0.25) is 18.2 Å². The van der Waals surface area contributed by atoms with Gasteiger partial charge in [0.15, 0.2) is 0 Å². The second kappa shape index (κ2) is 14.4. The highest BCUT2D eigenvalue weighted by molar-refractivity contribution is 5.91. The van der Waals surface area contributed by atoms with E-state index in [1.807, 2.05) is 31.3 Å². The Bertz CT molecular complexity index is 1160. The summed E-state index contributed by atoms with van der Waals surface area (Å²) in [6.07, 6.45) is 0.331. The Morgan fingerprint density at radius 3 is 2.35 bits per heavy atom. The minimum Gasteiger partial charge on any atom is -0.497 e. The number of nitrogens with zero attached hydrogens (tertiary/aromatic N) is 4. The van der Waals surface area contributed by atoms with Gasteiger partial charge in [-0.25, -0.2) is 9.40 Å². The first-order valence-electron chi connectivity index (χ1n) is 13.0. The molecular weight excluding hydrogens is 521 g/mol. The zero-order valence-electron chi connectivity index (χ0n) is 23.0. The Morgan fingerprint density at radius 1 is 1.12 bits per heavy atom. The van der Waals surface area contributed by atoms with Gasteiger partial charge in [-0.1, -0.05) is 24.3 Å². The number of carboxylic acid groups (broad SMARTS) is 1. The molecule has 2 aromatic carbocycles. The van der Waals surface area contributed by atoms with Crippen LogP contribution in [0.2, 0.25) is 0 Å². The number of carbonyl (C=O) groups is 4. The third-order valence-electron chi connectivity index (χ3n) is 6.85. The number of hydrogen-bond donors (Lipinski definition) is 2. The molecule has 2 atom stereocenters. The molecule has 2 saturated heterocycles. The van der Waals surface area contributed by atoms with E-state index < -0.39 is 18.2 Å². The highest BCUT2D eigenvalue weighted by Gasteiger charge is 2.48. The van der Waals surface area contributed by atoms with Crippen LogP contribution in [0.5, 0.6) is 5.75 Å². The fourth-order valence-corrected chi connectivity index (χ4v) is 4.79. The lowest BCUT2D eigenvalue weighted by atomic mass is 10.0. The normalized spacial score (nSPS) is 19.1. The summed E-state index contributed by atoms with van der Waals surface area (Å²) >= 11 is 0. The Kier molecular flexibility index (Phi) is 11.0. The zero-order chi connectivity index (χ0) is 29.2. The molecule has 0 aromatic heterocycles. The summed E-state index contributed by atoms with van der Waals surface area (Å²) < 4.78 is 17.5. The number of methoxy groups -OCH3 is 1. The van der Waals surface area contributed by atoms with Crippen molar-refractivity contribution in [1.29, 1.82) is 0 Å². The first-order chi connectivity index (χ1) is 19.2. The highest BCUT2D eigenvalue weighted by atomic mass is 19.1. The van der Waals surface area contributed by atoms with Crippen molar-refractivity contribution >= 4 is 24.2 Å². The van der Waals surface area contributed by atoms with Crippen LogP contribution in [0.4, 0.5) is 4.39 Å². The van der Waals surface area contributed by atoms with Crippen molar-refractivity contribution in [3.8, 4) is 5.75 Å². The first-order valence-corrected chi connectivity index (χ1v) is 13.0. The van der Waals surface area contributed by atoms with E-state index in [1.54, 1.807) is 31.2 Å². The van der Waals surface area contributed by atoms with Gasteiger partial charge in [0.05, 0.1) is 20.2 Å². The fourth-order valence-electron chi connectivity index (χ4n) is 4.79. The van der Waals surface area contributed by atoms with Crippen LogP contribution in [0.15, 0.2) is 48.5 Å². The number of carboxylic acids is 1. The van der Waals surface area contributed by atoms with Crippen LogP contribution in [0.3, 0.4) is 0 Å². The van der Waals surface area contributed by atoms with Crippen LogP contribution in [0, 0.1) is 5.82 Å². The third-order valence-corrected chi connectivity index (χ3v) is 6.85. The number of likely N-dealkylation sites (N-methyl/N-ethyl adjacent to an activating group) is 1. The molecule has 1 unspecified atom stereocenters. The predicted molar refractivity (Wildman–Crippen MR) is 144 cm³/mol. The zero-order valence-corrected chi connectivity index (χ0v) is 23.0. The number of halogens is 1. The molecule has 2 aliphatic rings. The fraction of sp³-hybridized carbons (Fsp3) is 0.429. The topological polar surface area (TPSA) is 123 Å². The molecule has 216 valence electrons. The van der Waals surface area contributed by atoms with Crippen molar-refractivity contribution in [2.24, 2.45) is 0 Å². The van der Waals surface area contributed by atoms with Gasteiger partial charge in [0, 0.05) is 26.6 Å². The molecule has 12 heteroatoms. The summed E-state index contributed by atoms with van der Waals surface area (Å²) in [6.45, 7) is 1.31. The number of nitrogens with one attached hydrogen (secondary N) is 1. The number of amides is 3. The number of rotatable bonds is 10. The van der Waals surface area contributed by atoms with Crippen LogP contribution < -0.4 is 10.1 Å². The number of carbonyl (C=O) groups excluding carboxylic acids is 3. The molecule has 0 saturated carbocycles. The van der Waals surface area contributed by atoms with Crippen LogP contribution in [0.1, 0.15) is 24.0 Å². The molecule has 0 radical (unpaired) electrons. The molecule has 0 spiro atoms. The summed E-state index contributed by atoms with van der Waals surface area (Å²) in [6, 6.07) is 13.1. The summed E-state index contributed by atoms with van der Waals surface area (Å²) in [5.74, 6) is -1.06. The summed E-state index contributed by atoms with van der Waals surface area (Å²) in [5.41, 5.74) is 2.11. The minimum atomic E-state index is -1.04. The van der Waals surface area contributed by atoms with E-state index in [4.69, 9.17) is 9.84 Å². The van der Waals surface area contributed by atoms with E-state index in [9.17, 15) is 23.6 Å². The number of aliphatic carboxylic acids is 1. The second-order valence-corrected chi connectivity index (χ2v) is 9.57. The molecule has 40 heavy (non-hydrogen) atoms. The number of hydrazine groups is 1. The maximum Gasteiger partial charge on any atom is 0.303 e. The van der Waals surface area contributed by atoms with Gasteiger partial charge in [-0.15, -0.1) is 0 Å². The van der Waals surface area contributed by atoms with E-state index in [1.165, 1.54) is 27.1 Å². The van der Waals surface area contributed by atoms with Crippen molar-refractivity contribution in [3.05, 3.63) is 65.5 Å². The number of ether oxygens (including phenoxy) is 1. The van der Waals surface area contributed by atoms with Gasteiger partial charge in [0.25, 0.3) is 0 Å². The van der Waals surface area contributed by atoms with Gasteiger partial charge >= 0.3 is 5.97 Å². The summed E-state index contributed by atoms with van der Waals surface area (Å²) in [4.78, 5) is 51.5. The Balaban J connectivity index is 0.000000371. The third kappa shape index (κ3) is 7.76. The molecule has 2 heterocycles. The first kappa shape index (κ1) is 30.5. The number of hydrogen-bond acceptors (Lipinski definition) is 7. The van der Waals surface area contributed by atoms with E-state index in [0.29, 0.717) is 19.4 Å². The molecule has 0 aliphatic carbocycles. The smallest absolute Gasteiger partial charge is 0.303 e. The molecule has 2 N–H and O–H groups in total. The monoisotopic (exact) mass is 557 g/mol. The van der Waals surface area contributed by atoms with Gasteiger partial charge in [-0.3, -0.25) is 24.2 Å². The van der Waals surface area contributed by atoms with Crippen molar-refractivity contribution in [2.45, 2.75) is 38.0 Å². The highest BCUT2D eigenvalue weighted by Crippen LogP contribution is 2.27. The molecule has 2 fully saturated rings. The van der Waals surface area contributed by atoms with Crippen LogP contribution >= 0.6 is 0 Å². The summed E-state index contributed by atoms with van der Waals surface area (Å²) in [7, 11) is 5.09. The van der Waals surface area contributed by atoms with E-state index in [0.717, 1.165) is 23.4 Å². The van der Waals surface area contributed by atoms with E-state index >= 15 is 0 Å². The molecule has 4 rings (SSSR count). The number of piperazine rings is 1. The molecule has 2 aliphatic heterocycles. The largest absolute Gasteiger partial charge is 0.497 e. The van der Waals surface area contributed by atoms with E-state index in [-0.39, 0.29) is 43.6 Å². The molecule has 11 nitrogen and oxygen atoms in total. The lowest BCUT2D eigenvalue weighted by molar-refractivity contribution is -0.197. The lowest BCUT2D eigenvalue weighted by Gasteiger charge is -2.53. The van der Waals surface area contributed by atoms with Gasteiger partial charge in [-0.2, -0.15) is 0 Å². The van der Waals surface area contributed by atoms with Gasteiger partial charge in [-0.05, 0) is 55.3 Å². The Morgan fingerprint density at radius 2 is 1.77 bits per heavy atom. The van der Waals surface area contributed by atoms with E-state index in [2.05, 4.69) is 5.32 Å². The molecule has 0 bridgehead atoms. The second-order valence-electron chi connectivity index (χ2n) is 9.57. The maximum atomic E-state index is 13.1. The maximum absolute atomic E-state index is 13.1. The quantitative estimate of drug-likeness (QED) is 0.420. The van der Waals surface area contributed by atoms with Crippen molar-refractivity contribution < 1.29 is 33.4 Å². The number of benzene rings is 2. The summed E-state index contributed by atoms with van der Waals surface area (Å²) in [5, 5.41) is 15.0. The predicted octanol–water partition coefficient (Wildman–Crippen LogP) is 1.33. The minimum absolute atomic E-state index is 0.00581. The Hall–Kier alpha value is -4.03. The van der Waals surface area contributed by atoms with Gasteiger partial charge in [0.1, 0.15) is 23.8 Å². The van der Waals surface area contributed by atoms with Crippen molar-refractivity contribution in [3.63, 3.8) is 0 Å². The molecular formula is C28H36FN5O6.